The molecule has 6 nitrogen and oxygen atoms in total. The number of hydrogen-bond acceptors (Lipinski definition) is 4. The summed E-state index contributed by atoms with van der Waals surface area (Å²) in [6.45, 7) is 3.03. The van der Waals surface area contributed by atoms with Crippen LogP contribution in [0.4, 0.5) is 3.89 Å². The molecule has 1 aliphatic heterocycles. The van der Waals surface area contributed by atoms with E-state index in [4.69, 9.17) is 5.11 Å². The summed E-state index contributed by atoms with van der Waals surface area (Å²) in [5, 5.41) is 7.66. The number of hydrogen-bond donors (Lipinski definition) is 1. The molecule has 1 saturated heterocycles. The van der Waals surface area contributed by atoms with Crippen LogP contribution in [0.2, 0.25) is 0 Å². The molecule has 3 unspecified atom stereocenters. The predicted molar refractivity (Wildman–Crippen MR) is 61.0 cm³/mol. The monoisotopic (exact) mass is 281 g/mol. The molecule has 1 N–H and O–H groups in total. The first-order valence-electron chi connectivity index (χ1n) is 5.64. The van der Waals surface area contributed by atoms with Gasteiger partial charge in [-0.25, -0.2) is 4.79 Å². The van der Waals surface area contributed by atoms with Crippen molar-refractivity contribution in [2.45, 2.75) is 38.0 Å². The minimum absolute atomic E-state index is 0.326. The van der Waals surface area contributed by atoms with Gasteiger partial charge >= 0.3 is 16.2 Å². The molecule has 1 fully saturated rings. The van der Waals surface area contributed by atoms with Gasteiger partial charge < -0.3 is 10.0 Å². The van der Waals surface area contributed by atoms with Crippen LogP contribution in [0.25, 0.3) is 0 Å². The first-order valence-corrected chi connectivity index (χ1v) is 7.08. The van der Waals surface area contributed by atoms with Crippen molar-refractivity contribution < 1.29 is 27.0 Å². The highest BCUT2D eigenvalue weighted by Crippen LogP contribution is 2.25. The molecule has 0 saturated carbocycles. The van der Waals surface area contributed by atoms with E-state index in [1.807, 2.05) is 0 Å². The van der Waals surface area contributed by atoms with Gasteiger partial charge in [-0.1, -0.05) is 20.3 Å². The van der Waals surface area contributed by atoms with Crippen LogP contribution in [-0.2, 0) is 19.8 Å². The quantitative estimate of drug-likeness (QED) is 0.736. The highest BCUT2D eigenvalue weighted by atomic mass is 32.3. The lowest BCUT2D eigenvalue weighted by Crippen LogP contribution is -2.46. The average molecular weight is 281 g/mol. The van der Waals surface area contributed by atoms with Gasteiger partial charge in [-0.05, 0) is 5.92 Å². The number of likely N-dealkylation sites (tertiary alicyclic amines) is 1. The zero-order valence-electron chi connectivity index (χ0n) is 10.2. The fourth-order valence-electron chi connectivity index (χ4n) is 2.06. The summed E-state index contributed by atoms with van der Waals surface area (Å²) in [5.41, 5.74) is 0. The van der Waals surface area contributed by atoms with Gasteiger partial charge in [0.05, 0.1) is 0 Å². The van der Waals surface area contributed by atoms with Crippen molar-refractivity contribution in [3.63, 3.8) is 0 Å². The Bertz CT molecular complexity index is 449. The van der Waals surface area contributed by atoms with E-state index in [0.717, 1.165) is 4.90 Å². The van der Waals surface area contributed by atoms with Gasteiger partial charge in [0, 0.05) is 13.0 Å². The highest BCUT2D eigenvalue weighted by Gasteiger charge is 2.44. The lowest BCUT2D eigenvalue weighted by Gasteiger charge is -2.28. The third-order valence-corrected chi connectivity index (χ3v) is 4.40. The topological polar surface area (TPSA) is 91.8 Å². The van der Waals surface area contributed by atoms with E-state index in [1.54, 1.807) is 13.8 Å². The summed E-state index contributed by atoms with van der Waals surface area (Å²) in [7, 11) is -4.82. The van der Waals surface area contributed by atoms with E-state index in [0.29, 0.717) is 6.42 Å². The predicted octanol–water partition coefficient (Wildman–Crippen LogP) is 0.386. The van der Waals surface area contributed by atoms with Crippen LogP contribution in [0.15, 0.2) is 0 Å². The lowest BCUT2D eigenvalue weighted by atomic mass is 9.98. The second kappa shape index (κ2) is 5.21. The maximum Gasteiger partial charge on any atom is 0.326 e. The first kappa shape index (κ1) is 14.9. The van der Waals surface area contributed by atoms with Gasteiger partial charge in [-0.15, -0.1) is 3.89 Å². The molecule has 0 aliphatic carbocycles. The normalized spacial score (nSPS) is 24.1. The molecule has 0 spiro atoms. The highest BCUT2D eigenvalue weighted by molar-refractivity contribution is 7.87. The Kier molecular flexibility index (Phi) is 4.31. The first-order chi connectivity index (χ1) is 8.18. The van der Waals surface area contributed by atoms with E-state index in [-0.39, 0.29) is 12.5 Å². The maximum absolute atomic E-state index is 12.8. The summed E-state index contributed by atoms with van der Waals surface area (Å²) in [5.74, 6) is -2.16. The molecular weight excluding hydrogens is 265 g/mol. The number of carboxylic acids is 1. The number of carboxylic acid groups (broad SMARTS) is 1. The van der Waals surface area contributed by atoms with Crippen molar-refractivity contribution in [3.8, 4) is 0 Å². The van der Waals surface area contributed by atoms with E-state index < -0.39 is 39.8 Å². The Morgan fingerprint density at radius 2 is 2.17 bits per heavy atom. The number of amides is 1. The number of nitrogens with zero attached hydrogens (tertiary/aromatic N) is 1. The minimum atomic E-state index is -4.82. The molecule has 0 bridgehead atoms. The molecule has 1 rings (SSSR count). The van der Waals surface area contributed by atoms with Crippen LogP contribution < -0.4 is 0 Å². The lowest BCUT2D eigenvalue weighted by molar-refractivity contribution is -0.150. The molecular formula is C10H16FNO5S. The Morgan fingerprint density at radius 3 is 2.50 bits per heavy atom. The Morgan fingerprint density at radius 1 is 1.61 bits per heavy atom. The molecule has 1 aliphatic rings. The zero-order valence-corrected chi connectivity index (χ0v) is 11.0. The van der Waals surface area contributed by atoms with Crippen molar-refractivity contribution in [1.82, 2.24) is 4.90 Å². The molecule has 1 amide bonds. The molecule has 104 valence electrons. The van der Waals surface area contributed by atoms with Crippen LogP contribution in [0.3, 0.4) is 0 Å². The fourth-order valence-corrected chi connectivity index (χ4v) is 2.74. The number of carbonyl (C=O) groups is 2. The molecule has 0 aromatic heterocycles. The molecule has 1 heterocycles. The van der Waals surface area contributed by atoms with Crippen molar-refractivity contribution >= 4 is 22.1 Å². The standard InChI is InChI=1S/C10H16FNO5S/c1-3-6(2)9(10(14)15)12-5-7(4-8(12)13)18(11,16)17/h6-7,9H,3-5H2,1-2H3,(H,14,15). The van der Waals surface area contributed by atoms with Crippen LogP contribution in [0.1, 0.15) is 26.7 Å². The average Bonchev–Trinajstić information content (AvgIpc) is 2.60. The summed E-state index contributed by atoms with van der Waals surface area (Å²) in [4.78, 5) is 23.7. The third-order valence-electron chi connectivity index (χ3n) is 3.29. The molecule has 3 atom stereocenters. The summed E-state index contributed by atoms with van der Waals surface area (Å²) < 4.78 is 34.4. The Hall–Kier alpha value is -1.18. The largest absolute Gasteiger partial charge is 0.480 e. The van der Waals surface area contributed by atoms with Crippen molar-refractivity contribution in [1.29, 1.82) is 0 Å². The summed E-state index contributed by atoms with van der Waals surface area (Å²) in [6, 6.07) is -1.10. The number of halogens is 1. The van der Waals surface area contributed by atoms with Crippen molar-refractivity contribution in [3.05, 3.63) is 0 Å². The molecule has 0 aromatic carbocycles. The van der Waals surface area contributed by atoms with Crippen LogP contribution in [-0.4, -0.2) is 48.1 Å². The minimum Gasteiger partial charge on any atom is -0.480 e. The zero-order chi connectivity index (χ0) is 14.1. The van der Waals surface area contributed by atoms with Crippen molar-refractivity contribution in [2.75, 3.05) is 6.54 Å². The Balaban J connectivity index is 2.95. The van der Waals surface area contributed by atoms with E-state index in [1.165, 1.54) is 0 Å². The second-order valence-electron chi connectivity index (χ2n) is 4.52. The third kappa shape index (κ3) is 2.98. The molecule has 0 aromatic rings. The van der Waals surface area contributed by atoms with E-state index in [2.05, 4.69) is 0 Å². The number of carbonyl (C=O) groups excluding carboxylic acids is 1. The van der Waals surface area contributed by atoms with Crippen molar-refractivity contribution in [2.24, 2.45) is 5.92 Å². The molecule has 0 radical (unpaired) electrons. The van der Waals surface area contributed by atoms with Gasteiger partial charge in [0.25, 0.3) is 0 Å². The number of rotatable bonds is 5. The van der Waals surface area contributed by atoms with Crippen LogP contribution in [0.5, 0.6) is 0 Å². The smallest absolute Gasteiger partial charge is 0.326 e. The van der Waals surface area contributed by atoms with E-state index >= 15 is 0 Å². The van der Waals surface area contributed by atoms with Crippen LogP contribution >= 0.6 is 0 Å². The SMILES string of the molecule is CCC(C)C(C(=O)O)N1CC(S(=O)(=O)F)CC1=O. The number of aliphatic carboxylic acids is 1. The summed E-state index contributed by atoms with van der Waals surface area (Å²) >= 11 is 0. The fraction of sp³-hybridized carbons (Fsp3) is 0.800. The van der Waals surface area contributed by atoms with Gasteiger partial charge in [0.1, 0.15) is 11.3 Å². The van der Waals surface area contributed by atoms with Gasteiger partial charge in [-0.3, -0.25) is 4.79 Å². The maximum atomic E-state index is 12.8. The van der Waals surface area contributed by atoms with E-state index in [9.17, 15) is 21.9 Å². The Labute approximate surface area is 105 Å². The van der Waals surface area contributed by atoms with Gasteiger partial charge in [0.2, 0.25) is 5.91 Å². The second-order valence-corrected chi connectivity index (χ2v) is 6.13. The molecule has 8 heteroatoms. The van der Waals surface area contributed by atoms with Gasteiger partial charge in [-0.2, -0.15) is 8.42 Å². The summed E-state index contributed by atoms with van der Waals surface area (Å²) in [6.07, 6.45) is 0.0346. The van der Waals surface area contributed by atoms with Gasteiger partial charge in [0.15, 0.2) is 0 Å². The van der Waals surface area contributed by atoms with Crippen LogP contribution in [0, 0.1) is 5.92 Å². The molecule has 18 heavy (non-hydrogen) atoms.